The van der Waals surface area contributed by atoms with Crippen LogP contribution in [0.4, 0.5) is 26.3 Å². The molecule has 3 aromatic carbocycles. The van der Waals surface area contributed by atoms with Crippen molar-refractivity contribution in [3.05, 3.63) is 95.1 Å². The molecule has 0 aliphatic carbocycles. The number of pyridine rings is 1. The first kappa shape index (κ1) is 36.2. The number of rotatable bonds is 10. The van der Waals surface area contributed by atoms with E-state index in [1.807, 2.05) is 4.90 Å². The summed E-state index contributed by atoms with van der Waals surface area (Å²) in [4.78, 5) is 20.7. The number of piperidine rings is 1. The molecule has 3 N–H and O–H groups in total. The summed E-state index contributed by atoms with van der Waals surface area (Å²) in [7, 11) is -3.84. The van der Waals surface area contributed by atoms with Gasteiger partial charge < -0.3 is 15.7 Å². The lowest BCUT2D eigenvalue weighted by Gasteiger charge is -2.33. The molecule has 0 bridgehead atoms. The van der Waals surface area contributed by atoms with Crippen molar-refractivity contribution in [2.75, 3.05) is 32.5 Å². The third kappa shape index (κ3) is 8.58. The van der Waals surface area contributed by atoms with Gasteiger partial charge in [0.25, 0.3) is 5.91 Å². The van der Waals surface area contributed by atoms with Gasteiger partial charge in [0.2, 0.25) is 0 Å². The summed E-state index contributed by atoms with van der Waals surface area (Å²) in [5.41, 5.74) is -0.986. The normalized spacial score (nSPS) is 15.8. The van der Waals surface area contributed by atoms with Gasteiger partial charge in [0.1, 0.15) is 0 Å². The SMILES string of the molecule is CS(=O)(=O)c1ccc2nc(-c3ccc(C(F)(F)F)cc3)c(CN3CCC(NCCO)CC3)c(C(=O)N[C@H](c3ccccc3)C(F)(F)F)c2c1. The molecule has 1 aromatic heterocycles. The number of nitrogens with one attached hydrogen (secondary N) is 2. The second-order valence-electron chi connectivity index (χ2n) is 11.9. The van der Waals surface area contributed by atoms with Gasteiger partial charge in [0.15, 0.2) is 15.9 Å². The molecule has 5 rings (SSSR count). The number of hydrogen-bond donors (Lipinski definition) is 3. The van der Waals surface area contributed by atoms with Gasteiger partial charge >= 0.3 is 12.4 Å². The van der Waals surface area contributed by atoms with E-state index in [4.69, 9.17) is 0 Å². The van der Waals surface area contributed by atoms with E-state index in [9.17, 15) is 44.7 Å². The zero-order valence-electron chi connectivity index (χ0n) is 26.3. The molecule has 1 fully saturated rings. The average molecular weight is 709 g/mol. The Morgan fingerprint density at radius 2 is 1.63 bits per heavy atom. The standard InChI is InChI=1S/C34H34F6N4O4S/c1-49(47,48)25-11-12-28-26(19-25)29(32(46)43-31(34(38,39)40)22-5-3-2-4-6-22)27(20-44-16-13-24(14-17-44)41-15-18-45)30(42-28)21-7-9-23(10-8-21)33(35,36)37/h2-12,19,24,31,41,45H,13-18,20H2,1H3,(H,43,46)/t31-/m1/s1. The summed E-state index contributed by atoms with van der Waals surface area (Å²) in [5.74, 6) is -1.16. The van der Waals surface area contributed by atoms with Crippen molar-refractivity contribution in [3.8, 4) is 11.3 Å². The number of carbonyl (C=O) groups is 1. The quantitative estimate of drug-likeness (QED) is 0.176. The number of nitrogens with zero attached hydrogens (tertiary/aromatic N) is 2. The predicted octanol–water partition coefficient (Wildman–Crippen LogP) is 5.90. The van der Waals surface area contributed by atoms with Crippen LogP contribution in [0.15, 0.2) is 77.7 Å². The molecule has 1 atom stereocenters. The summed E-state index contributed by atoms with van der Waals surface area (Å²) >= 11 is 0. The van der Waals surface area contributed by atoms with Gasteiger partial charge in [0.05, 0.1) is 33.8 Å². The van der Waals surface area contributed by atoms with E-state index >= 15 is 0 Å². The summed E-state index contributed by atoms with van der Waals surface area (Å²) in [6.07, 6.45) is -7.33. The Balaban J connectivity index is 1.71. The molecule has 1 aliphatic heterocycles. The number of aliphatic hydroxyl groups excluding tert-OH is 1. The number of likely N-dealkylation sites (tertiary alicyclic amines) is 1. The van der Waals surface area contributed by atoms with Crippen LogP contribution in [0.25, 0.3) is 22.2 Å². The van der Waals surface area contributed by atoms with Crippen LogP contribution in [0.3, 0.4) is 0 Å². The molecule has 1 aliphatic rings. The third-order valence-corrected chi connectivity index (χ3v) is 9.56. The lowest BCUT2D eigenvalue weighted by atomic mass is 9.93. The van der Waals surface area contributed by atoms with Crippen molar-refractivity contribution in [3.63, 3.8) is 0 Å². The van der Waals surface area contributed by atoms with E-state index in [0.29, 0.717) is 32.5 Å². The van der Waals surface area contributed by atoms with Crippen molar-refractivity contribution >= 4 is 26.6 Å². The van der Waals surface area contributed by atoms with Crippen molar-refractivity contribution in [2.45, 2.75) is 48.7 Å². The monoisotopic (exact) mass is 708 g/mol. The Morgan fingerprint density at radius 1 is 0.980 bits per heavy atom. The lowest BCUT2D eigenvalue weighted by molar-refractivity contribution is -0.155. The van der Waals surface area contributed by atoms with Gasteiger partial charge in [-0.2, -0.15) is 26.3 Å². The molecule has 15 heteroatoms. The molecule has 2 heterocycles. The highest BCUT2D eigenvalue weighted by atomic mass is 32.2. The smallest absolute Gasteiger partial charge is 0.395 e. The summed E-state index contributed by atoms with van der Waals surface area (Å²) in [6, 6.07) is 12.2. The maximum atomic E-state index is 14.5. The first-order chi connectivity index (χ1) is 23.1. The van der Waals surface area contributed by atoms with Gasteiger partial charge in [-0.1, -0.05) is 42.5 Å². The molecule has 4 aromatic rings. The number of carbonyl (C=O) groups excluding carboxylic acids is 1. The Bertz CT molecular complexity index is 1890. The zero-order valence-corrected chi connectivity index (χ0v) is 27.1. The molecule has 0 unspecified atom stereocenters. The van der Waals surface area contributed by atoms with Crippen LogP contribution >= 0.6 is 0 Å². The number of halogens is 6. The van der Waals surface area contributed by atoms with Crippen molar-refractivity contribution in [2.24, 2.45) is 0 Å². The Kier molecular flexibility index (Phi) is 10.7. The van der Waals surface area contributed by atoms with Crippen LogP contribution in [0.2, 0.25) is 0 Å². The minimum Gasteiger partial charge on any atom is -0.395 e. The molecule has 0 saturated carbocycles. The highest BCUT2D eigenvalue weighted by Crippen LogP contribution is 2.37. The minimum atomic E-state index is -4.92. The van der Waals surface area contributed by atoms with E-state index in [2.05, 4.69) is 15.6 Å². The molecule has 1 saturated heterocycles. The van der Waals surface area contributed by atoms with Crippen LogP contribution in [0.5, 0.6) is 0 Å². The van der Waals surface area contributed by atoms with E-state index in [-0.39, 0.29) is 62.9 Å². The van der Waals surface area contributed by atoms with Crippen LogP contribution in [0.1, 0.15) is 45.9 Å². The number of alkyl halides is 6. The minimum absolute atomic E-state index is 0.0279. The highest BCUT2D eigenvalue weighted by molar-refractivity contribution is 7.90. The van der Waals surface area contributed by atoms with Crippen molar-refractivity contribution in [1.29, 1.82) is 0 Å². The number of aliphatic hydroxyl groups is 1. The number of hydrogen-bond acceptors (Lipinski definition) is 7. The predicted molar refractivity (Wildman–Crippen MR) is 171 cm³/mol. The number of sulfone groups is 1. The first-order valence-corrected chi connectivity index (χ1v) is 17.3. The highest BCUT2D eigenvalue weighted by Gasteiger charge is 2.42. The van der Waals surface area contributed by atoms with Crippen molar-refractivity contribution in [1.82, 2.24) is 20.5 Å². The molecule has 8 nitrogen and oxygen atoms in total. The average Bonchev–Trinajstić information content (AvgIpc) is 3.05. The van der Waals surface area contributed by atoms with E-state index < -0.39 is 39.7 Å². The van der Waals surface area contributed by atoms with E-state index in [0.717, 1.165) is 18.4 Å². The fourth-order valence-corrected chi connectivity index (χ4v) is 6.62. The second kappa shape index (κ2) is 14.4. The van der Waals surface area contributed by atoms with Gasteiger partial charge in [0, 0.05) is 41.9 Å². The topological polar surface area (TPSA) is 112 Å². The molecular weight excluding hydrogens is 674 g/mol. The molecule has 0 spiro atoms. The van der Waals surface area contributed by atoms with Crippen LogP contribution in [-0.4, -0.2) is 74.0 Å². The Hall–Kier alpha value is -4.05. The van der Waals surface area contributed by atoms with Crippen molar-refractivity contribution < 1.29 is 44.7 Å². The fraction of sp³-hybridized carbons (Fsp3) is 0.353. The van der Waals surface area contributed by atoms with Gasteiger partial charge in [-0.3, -0.25) is 9.69 Å². The van der Waals surface area contributed by atoms with Crippen LogP contribution in [0, 0.1) is 0 Å². The molecule has 49 heavy (non-hydrogen) atoms. The van der Waals surface area contributed by atoms with E-state index in [1.165, 1.54) is 60.7 Å². The number of fused-ring (bicyclic) bond motifs is 1. The second-order valence-corrected chi connectivity index (χ2v) is 13.9. The summed E-state index contributed by atoms with van der Waals surface area (Å²) in [5, 5.41) is 14.5. The molecule has 0 radical (unpaired) electrons. The first-order valence-electron chi connectivity index (χ1n) is 15.4. The molecular formula is C34H34F6N4O4S. The maximum absolute atomic E-state index is 14.5. The van der Waals surface area contributed by atoms with Crippen LogP contribution in [-0.2, 0) is 22.6 Å². The largest absolute Gasteiger partial charge is 0.416 e. The van der Waals surface area contributed by atoms with E-state index in [1.54, 1.807) is 0 Å². The summed E-state index contributed by atoms with van der Waals surface area (Å²) < 4.78 is 109. The Labute approximate surface area is 279 Å². The fourth-order valence-electron chi connectivity index (χ4n) is 5.97. The van der Waals surface area contributed by atoms with Gasteiger partial charge in [-0.15, -0.1) is 0 Å². The molecule has 262 valence electrons. The number of aromatic nitrogens is 1. The van der Waals surface area contributed by atoms with Gasteiger partial charge in [-0.25, -0.2) is 13.4 Å². The number of benzene rings is 3. The summed E-state index contributed by atoms with van der Waals surface area (Å²) in [6.45, 7) is 1.28. The Morgan fingerprint density at radius 3 is 2.20 bits per heavy atom. The lowest BCUT2D eigenvalue weighted by Crippen LogP contribution is -2.43. The van der Waals surface area contributed by atoms with Crippen LogP contribution < -0.4 is 10.6 Å². The third-order valence-electron chi connectivity index (χ3n) is 8.45. The van der Waals surface area contributed by atoms with Gasteiger partial charge in [-0.05, 0) is 61.8 Å². The molecule has 1 amide bonds. The number of amides is 1. The zero-order chi connectivity index (χ0) is 35.6. The maximum Gasteiger partial charge on any atom is 0.416 e.